The molecule has 2 amide bonds. The molecule has 1 aromatic carbocycles. The van der Waals surface area contributed by atoms with Crippen molar-refractivity contribution < 1.29 is 9.59 Å². The summed E-state index contributed by atoms with van der Waals surface area (Å²) in [7, 11) is 0. The molecule has 0 aliphatic carbocycles. The molecule has 0 spiro atoms. The lowest BCUT2D eigenvalue weighted by atomic mass is 10.3. The predicted octanol–water partition coefficient (Wildman–Crippen LogP) is 0.261. The fourth-order valence-electron chi connectivity index (χ4n) is 2.58. The van der Waals surface area contributed by atoms with Crippen molar-refractivity contribution in [2.24, 2.45) is 0 Å². The Morgan fingerprint density at radius 1 is 1.25 bits per heavy atom. The van der Waals surface area contributed by atoms with E-state index in [1.807, 2.05) is 0 Å². The number of tetrazole rings is 1. The SMILES string of the molecule is CC(=O)N[C@@H]1CCN(C(=O)n2nnn(-c3ccc(Cl)cc3)c2=O)C1. The van der Waals surface area contributed by atoms with Crippen LogP contribution in [0, 0.1) is 0 Å². The zero-order chi connectivity index (χ0) is 17.3. The average Bonchev–Trinajstić information content (AvgIpc) is 3.14. The average molecular weight is 351 g/mol. The van der Waals surface area contributed by atoms with Gasteiger partial charge in [-0.2, -0.15) is 4.68 Å². The molecule has 1 N–H and O–H groups in total. The van der Waals surface area contributed by atoms with Gasteiger partial charge in [0.2, 0.25) is 5.91 Å². The number of hydrogen-bond donors (Lipinski definition) is 1. The van der Waals surface area contributed by atoms with E-state index < -0.39 is 11.7 Å². The molecule has 1 fully saturated rings. The number of hydrogen-bond acceptors (Lipinski definition) is 5. The van der Waals surface area contributed by atoms with Crippen LogP contribution in [-0.4, -0.2) is 55.8 Å². The van der Waals surface area contributed by atoms with Crippen molar-refractivity contribution in [3.05, 3.63) is 39.8 Å². The highest BCUT2D eigenvalue weighted by atomic mass is 35.5. The van der Waals surface area contributed by atoms with Crippen molar-refractivity contribution in [2.75, 3.05) is 13.1 Å². The van der Waals surface area contributed by atoms with Crippen molar-refractivity contribution >= 4 is 23.5 Å². The van der Waals surface area contributed by atoms with Gasteiger partial charge in [0.05, 0.1) is 5.69 Å². The van der Waals surface area contributed by atoms with E-state index in [1.165, 1.54) is 11.8 Å². The number of benzene rings is 1. The molecule has 3 rings (SSSR count). The zero-order valence-electron chi connectivity index (χ0n) is 12.8. The van der Waals surface area contributed by atoms with Crippen LogP contribution in [0.25, 0.3) is 5.69 Å². The summed E-state index contributed by atoms with van der Waals surface area (Å²) in [6.45, 7) is 2.19. The number of rotatable bonds is 2. The van der Waals surface area contributed by atoms with Crippen LogP contribution in [0.4, 0.5) is 4.79 Å². The van der Waals surface area contributed by atoms with Crippen LogP contribution < -0.4 is 11.0 Å². The van der Waals surface area contributed by atoms with E-state index in [0.717, 1.165) is 4.68 Å². The maximum Gasteiger partial charge on any atom is 0.377 e. The number of likely N-dealkylation sites (tertiary alicyclic amines) is 1. The lowest BCUT2D eigenvalue weighted by molar-refractivity contribution is -0.119. The molecule has 24 heavy (non-hydrogen) atoms. The van der Waals surface area contributed by atoms with Crippen LogP contribution in [-0.2, 0) is 4.79 Å². The Kier molecular flexibility index (Phi) is 4.34. The summed E-state index contributed by atoms with van der Waals surface area (Å²) in [6, 6.07) is 5.76. The van der Waals surface area contributed by atoms with E-state index in [1.54, 1.807) is 24.3 Å². The first-order valence-electron chi connectivity index (χ1n) is 7.33. The number of amides is 2. The van der Waals surface area contributed by atoms with Crippen LogP contribution in [0.3, 0.4) is 0 Å². The molecule has 1 aliphatic heterocycles. The fourth-order valence-corrected chi connectivity index (χ4v) is 2.71. The molecule has 0 unspecified atom stereocenters. The van der Waals surface area contributed by atoms with Gasteiger partial charge >= 0.3 is 11.7 Å². The van der Waals surface area contributed by atoms with Gasteiger partial charge in [-0.05, 0) is 41.1 Å². The molecular formula is C14H15ClN6O3. The second-order valence-electron chi connectivity index (χ2n) is 5.48. The molecule has 1 saturated heterocycles. The van der Waals surface area contributed by atoms with Crippen LogP contribution in [0.5, 0.6) is 0 Å². The van der Waals surface area contributed by atoms with E-state index in [0.29, 0.717) is 34.9 Å². The van der Waals surface area contributed by atoms with Gasteiger partial charge < -0.3 is 10.2 Å². The van der Waals surface area contributed by atoms with Crippen molar-refractivity contribution in [2.45, 2.75) is 19.4 Å². The van der Waals surface area contributed by atoms with Gasteiger partial charge in [-0.1, -0.05) is 11.6 Å². The van der Waals surface area contributed by atoms with Crippen LogP contribution >= 0.6 is 11.6 Å². The maximum absolute atomic E-state index is 12.4. The maximum atomic E-state index is 12.4. The van der Waals surface area contributed by atoms with Gasteiger partial charge in [-0.25, -0.2) is 9.59 Å². The number of carbonyl (C=O) groups is 2. The second-order valence-corrected chi connectivity index (χ2v) is 5.91. The summed E-state index contributed by atoms with van der Waals surface area (Å²) in [4.78, 5) is 37.3. The van der Waals surface area contributed by atoms with Crippen LogP contribution in [0.15, 0.2) is 29.1 Å². The van der Waals surface area contributed by atoms with E-state index in [4.69, 9.17) is 11.6 Å². The Bertz CT molecular complexity index is 828. The van der Waals surface area contributed by atoms with E-state index in [2.05, 4.69) is 15.7 Å². The Morgan fingerprint density at radius 3 is 2.62 bits per heavy atom. The molecule has 9 nitrogen and oxygen atoms in total. The van der Waals surface area contributed by atoms with Crippen molar-refractivity contribution in [3.63, 3.8) is 0 Å². The Balaban J connectivity index is 1.79. The molecule has 2 aromatic rings. The summed E-state index contributed by atoms with van der Waals surface area (Å²) >= 11 is 5.81. The third-order valence-electron chi connectivity index (χ3n) is 3.70. The molecule has 0 bridgehead atoms. The van der Waals surface area contributed by atoms with Gasteiger partial charge in [0.15, 0.2) is 0 Å². The monoisotopic (exact) mass is 350 g/mol. The lowest BCUT2D eigenvalue weighted by Gasteiger charge is -2.15. The first-order chi connectivity index (χ1) is 11.5. The largest absolute Gasteiger partial charge is 0.377 e. The molecule has 1 aromatic heterocycles. The van der Waals surface area contributed by atoms with E-state index in [9.17, 15) is 14.4 Å². The minimum absolute atomic E-state index is 0.117. The number of aromatic nitrogens is 4. The summed E-state index contributed by atoms with van der Waals surface area (Å²) in [6.07, 6.45) is 0.630. The first-order valence-corrected chi connectivity index (χ1v) is 7.71. The molecular weight excluding hydrogens is 336 g/mol. The van der Waals surface area contributed by atoms with Crippen LogP contribution in [0.1, 0.15) is 13.3 Å². The highest BCUT2D eigenvalue weighted by Gasteiger charge is 2.29. The molecule has 2 heterocycles. The number of nitrogens with zero attached hydrogens (tertiary/aromatic N) is 5. The summed E-state index contributed by atoms with van der Waals surface area (Å²) in [5, 5.41) is 10.7. The van der Waals surface area contributed by atoms with Gasteiger partial charge in [-0.3, -0.25) is 4.79 Å². The third-order valence-corrected chi connectivity index (χ3v) is 3.95. The van der Waals surface area contributed by atoms with Gasteiger partial charge in [0.1, 0.15) is 0 Å². The van der Waals surface area contributed by atoms with Gasteiger partial charge in [0, 0.05) is 31.1 Å². The quantitative estimate of drug-likeness (QED) is 0.783. The minimum atomic E-state index is -0.662. The van der Waals surface area contributed by atoms with Crippen molar-refractivity contribution in [1.29, 1.82) is 0 Å². The predicted molar refractivity (Wildman–Crippen MR) is 85.2 cm³/mol. The first kappa shape index (κ1) is 16.2. The molecule has 1 atom stereocenters. The van der Waals surface area contributed by atoms with Crippen molar-refractivity contribution in [3.8, 4) is 5.69 Å². The fraction of sp³-hybridized carbons (Fsp3) is 0.357. The minimum Gasteiger partial charge on any atom is -0.352 e. The topological polar surface area (TPSA) is 102 Å². The molecule has 0 radical (unpaired) electrons. The smallest absolute Gasteiger partial charge is 0.352 e. The highest BCUT2D eigenvalue weighted by molar-refractivity contribution is 6.30. The summed E-state index contributed by atoms with van der Waals surface area (Å²) < 4.78 is 1.74. The normalized spacial score (nSPS) is 17.1. The molecule has 1 aliphatic rings. The van der Waals surface area contributed by atoms with Gasteiger partial charge in [-0.15, -0.1) is 4.68 Å². The third kappa shape index (κ3) is 3.16. The Morgan fingerprint density at radius 2 is 1.96 bits per heavy atom. The lowest BCUT2D eigenvalue weighted by Crippen LogP contribution is -2.42. The number of carbonyl (C=O) groups excluding carboxylic acids is 2. The summed E-state index contributed by atoms with van der Waals surface area (Å²) in [5.41, 5.74) is -0.203. The van der Waals surface area contributed by atoms with Crippen molar-refractivity contribution in [1.82, 2.24) is 30.0 Å². The molecule has 126 valence electrons. The zero-order valence-corrected chi connectivity index (χ0v) is 13.6. The standard InChI is InChI=1S/C14H15ClN6O3/c1-9(22)16-11-6-7-19(8-11)13(23)21-14(24)20(17-18-21)12-4-2-10(15)3-5-12/h2-5,11H,6-8H2,1H3,(H,16,22)/t11-/m1/s1. The second kappa shape index (κ2) is 6.44. The number of halogens is 1. The summed E-state index contributed by atoms with van der Waals surface area (Å²) in [5.74, 6) is -0.153. The Hall–Kier alpha value is -2.68. The molecule has 10 heteroatoms. The number of nitrogens with one attached hydrogen (secondary N) is 1. The Labute approximate surface area is 141 Å². The van der Waals surface area contributed by atoms with E-state index >= 15 is 0 Å². The van der Waals surface area contributed by atoms with Gasteiger partial charge in [0.25, 0.3) is 0 Å². The van der Waals surface area contributed by atoms with Crippen LogP contribution in [0.2, 0.25) is 5.02 Å². The molecule has 0 saturated carbocycles. The van der Waals surface area contributed by atoms with E-state index in [-0.39, 0.29) is 11.9 Å². The highest BCUT2D eigenvalue weighted by Crippen LogP contribution is 2.12.